The Bertz CT molecular complexity index is 637. The van der Waals surface area contributed by atoms with E-state index in [1.807, 2.05) is 24.3 Å². The van der Waals surface area contributed by atoms with Crippen molar-refractivity contribution in [1.29, 1.82) is 0 Å². The van der Waals surface area contributed by atoms with E-state index >= 15 is 0 Å². The number of halogens is 1. The van der Waals surface area contributed by atoms with Gasteiger partial charge in [0.2, 0.25) is 0 Å². The monoisotopic (exact) mass is 371 g/mol. The van der Waals surface area contributed by atoms with Crippen LogP contribution in [-0.4, -0.2) is 37.7 Å². The van der Waals surface area contributed by atoms with Crippen LogP contribution in [-0.2, 0) is 6.42 Å². The first-order valence-electron chi connectivity index (χ1n) is 7.42. The zero-order valence-corrected chi connectivity index (χ0v) is 15.1. The molecule has 2 aromatic rings. The van der Waals surface area contributed by atoms with E-state index in [-0.39, 0.29) is 18.3 Å². The van der Waals surface area contributed by atoms with Crippen molar-refractivity contribution in [2.24, 2.45) is 5.73 Å². The van der Waals surface area contributed by atoms with Crippen LogP contribution in [0, 0.1) is 0 Å². The Hall–Kier alpha value is -1.83. The van der Waals surface area contributed by atoms with Crippen molar-refractivity contribution < 1.29 is 14.3 Å². The molecule has 0 spiro atoms. The molecule has 24 heavy (non-hydrogen) atoms. The first-order valence-corrected chi connectivity index (χ1v) is 8.30. The molecule has 1 aromatic carbocycles. The van der Waals surface area contributed by atoms with Crippen LogP contribution in [0.2, 0.25) is 0 Å². The van der Waals surface area contributed by atoms with E-state index in [0.29, 0.717) is 38.2 Å². The van der Waals surface area contributed by atoms with Gasteiger partial charge in [-0.15, -0.1) is 23.7 Å². The van der Waals surface area contributed by atoms with E-state index in [1.54, 1.807) is 12.5 Å². The molecule has 0 aliphatic heterocycles. The van der Waals surface area contributed by atoms with E-state index in [2.05, 4.69) is 10.3 Å². The van der Waals surface area contributed by atoms with Crippen molar-refractivity contribution in [3.05, 3.63) is 40.3 Å². The van der Waals surface area contributed by atoms with Crippen molar-refractivity contribution in [2.45, 2.75) is 12.8 Å². The summed E-state index contributed by atoms with van der Waals surface area (Å²) in [6, 6.07) is 7.43. The summed E-state index contributed by atoms with van der Waals surface area (Å²) in [6.07, 6.45) is 1.41. The quantitative estimate of drug-likeness (QED) is 0.660. The predicted molar refractivity (Wildman–Crippen MR) is 97.6 cm³/mol. The molecular weight excluding hydrogens is 350 g/mol. The van der Waals surface area contributed by atoms with Gasteiger partial charge >= 0.3 is 0 Å². The van der Waals surface area contributed by atoms with Gasteiger partial charge in [-0.25, -0.2) is 4.98 Å². The lowest BCUT2D eigenvalue weighted by molar-refractivity contribution is 0.0947. The number of hydrogen-bond acceptors (Lipinski definition) is 6. The summed E-state index contributed by atoms with van der Waals surface area (Å²) in [5.74, 6) is 1.35. The lowest BCUT2D eigenvalue weighted by atomic mass is 10.3. The molecule has 1 heterocycles. The predicted octanol–water partition coefficient (Wildman–Crippen LogP) is 2.27. The molecule has 8 heteroatoms. The Labute approximate surface area is 151 Å². The van der Waals surface area contributed by atoms with Gasteiger partial charge in [0, 0.05) is 24.4 Å². The minimum atomic E-state index is -0.161. The molecular formula is C16H22ClN3O3S. The summed E-state index contributed by atoms with van der Waals surface area (Å²) < 4.78 is 10.7. The second kappa shape index (κ2) is 10.9. The third-order valence-electron chi connectivity index (χ3n) is 3.06. The fourth-order valence-corrected chi connectivity index (χ4v) is 2.69. The van der Waals surface area contributed by atoms with Gasteiger partial charge < -0.3 is 20.5 Å². The summed E-state index contributed by atoms with van der Waals surface area (Å²) in [5.41, 5.74) is 5.92. The molecule has 1 aromatic heterocycles. The topological polar surface area (TPSA) is 86.5 Å². The number of amides is 1. The fourth-order valence-electron chi connectivity index (χ4n) is 1.90. The highest BCUT2D eigenvalue weighted by molar-refractivity contribution is 7.09. The number of thiazole rings is 1. The van der Waals surface area contributed by atoms with E-state index in [4.69, 9.17) is 15.2 Å². The summed E-state index contributed by atoms with van der Waals surface area (Å²) in [5, 5.41) is 5.48. The highest BCUT2D eigenvalue weighted by atomic mass is 35.5. The standard InChI is InChI=1S/C16H21N3O3S.ClH/c1-21-12-4-2-5-13(10-12)22-9-3-8-18-16(20)14-11-23-15(19-14)6-7-17;/h2,4-5,10-11H,3,6-9,17H2,1H3,(H,18,20);1H. The van der Waals surface area contributed by atoms with Gasteiger partial charge in [0.15, 0.2) is 0 Å². The molecule has 0 aliphatic carbocycles. The molecule has 0 radical (unpaired) electrons. The molecule has 0 bridgehead atoms. The van der Waals surface area contributed by atoms with Gasteiger partial charge in [0.1, 0.15) is 17.2 Å². The van der Waals surface area contributed by atoms with Gasteiger partial charge in [-0.05, 0) is 25.1 Å². The van der Waals surface area contributed by atoms with E-state index in [1.165, 1.54) is 11.3 Å². The van der Waals surface area contributed by atoms with E-state index in [9.17, 15) is 4.79 Å². The van der Waals surface area contributed by atoms with Crippen molar-refractivity contribution in [3.63, 3.8) is 0 Å². The maximum atomic E-state index is 11.9. The molecule has 0 atom stereocenters. The van der Waals surface area contributed by atoms with Crippen LogP contribution in [0.15, 0.2) is 29.6 Å². The van der Waals surface area contributed by atoms with Crippen molar-refractivity contribution in [3.8, 4) is 11.5 Å². The van der Waals surface area contributed by atoms with Gasteiger partial charge in [0.25, 0.3) is 5.91 Å². The van der Waals surface area contributed by atoms with Gasteiger partial charge in [0.05, 0.1) is 18.7 Å². The fraction of sp³-hybridized carbons (Fsp3) is 0.375. The minimum Gasteiger partial charge on any atom is -0.497 e. The number of hydrogen-bond donors (Lipinski definition) is 2. The van der Waals surface area contributed by atoms with Crippen LogP contribution in [0.3, 0.4) is 0 Å². The van der Waals surface area contributed by atoms with Crippen molar-refractivity contribution in [1.82, 2.24) is 10.3 Å². The molecule has 3 N–H and O–H groups in total. The summed E-state index contributed by atoms with van der Waals surface area (Å²) in [6.45, 7) is 1.59. The number of benzene rings is 1. The Morgan fingerprint density at radius 2 is 2.17 bits per heavy atom. The number of nitrogens with zero attached hydrogens (tertiary/aromatic N) is 1. The SMILES string of the molecule is COc1cccc(OCCCNC(=O)c2csc(CCN)n2)c1.Cl. The lowest BCUT2D eigenvalue weighted by Crippen LogP contribution is -2.25. The summed E-state index contributed by atoms with van der Waals surface area (Å²) >= 11 is 1.46. The maximum Gasteiger partial charge on any atom is 0.270 e. The number of nitrogens with one attached hydrogen (secondary N) is 1. The normalized spacial score (nSPS) is 9.92. The number of methoxy groups -OCH3 is 1. The number of ether oxygens (including phenoxy) is 2. The minimum absolute atomic E-state index is 0. The van der Waals surface area contributed by atoms with Gasteiger partial charge in [-0.2, -0.15) is 0 Å². The van der Waals surface area contributed by atoms with Crippen LogP contribution >= 0.6 is 23.7 Å². The van der Waals surface area contributed by atoms with Gasteiger partial charge in [-0.1, -0.05) is 6.07 Å². The zero-order valence-electron chi connectivity index (χ0n) is 13.5. The van der Waals surface area contributed by atoms with Gasteiger partial charge in [-0.3, -0.25) is 4.79 Å². The molecule has 132 valence electrons. The van der Waals surface area contributed by atoms with Crippen LogP contribution in [0.25, 0.3) is 0 Å². The number of carbonyl (C=O) groups is 1. The second-order valence-electron chi connectivity index (χ2n) is 4.80. The molecule has 0 saturated carbocycles. The third-order valence-corrected chi connectivity index (χ3v) is 3.97. The molecule has 0 saturated heterocycles. The van der Waals surface area contributed by atoms with Crippen LogP contribution in [0.5, 0.6) is 11.5 Å². The molecule has 2 rings (SSSR count). The van der Waals surface area contributed by atoms with Crippen LogP contribution in [0.4, 0.5) is 0 Å². The molecule has 0 aliphatic rings. The van der Waals surface area contributed by atoms with Crippen molar-refractivity contribution >= 4 is 29.7 Å². The molecule has 0 fully saturated rings. The smallest absolute Gasteiger partial charge is 0.270 e. The average molecular weight is 372 g/mol. The number of rotatable bonds is 9. The molecule has 0 unspecified atom stereocenters. The highest BCUT2D eigenvalue weighted by Crippen LogP contribution is 2.18. The van der Waals surface area contributed by atoms with Crippen LogP contribution < -0.4 is 20.5 Å². The summed E-state index contributed by atoms with van der Waals surface area (Å²) in [4.78, 5) is 16.2. The first-order chi connectivity index (χ1) is 11.2. The summed E-state index contributed by atoms with van der Waals surface area (Å²) in [7, 11) is 1.62. The Kier molecular flexibility index (Phi) is 9.14. The number of aromatic nitrogens is 1. The maximum absolute atomic E-state index is 11.9. The third kappa shape index (κ3) is 6.35. The number of nitrogens with two attached hydrogens (primary N) is 1. The highest BCUT2D eigenvalue weighted by Gasteiger charge is 2.09. The Morgan fingerprint density at radius 3 is 2.92 bits per heavy atom. The average Bonchev–Trinajstić information content (AvgIpc) is 3.04. The second-order valence-corrected chi connectivity index (χ2v) is 5.74. The molecule has 1 amide bonds. The van der Waals surface area contributed by atoms with Crippen molar-refractivity contribution in [2.75, 3.05) is 26.8 Å². The van der Waals surface area contributed by atoms with Crippen LogP contribution in [0.1, 0.15) is 21.9 Å². The lowest BCUT2D eigenvalue weighted by Gasteiger charge is -2.08. The van der Waals surface area contributed by atoms with E-state index in [0.717, 1.165) is 16.5 Å². The molecule has 6 nitrogen and oxygen atoms in total. The van der Waals surface area contributed by atoms with E-state index < -0.39 is 0 Å². The Balaban J connectivity index is 0.00000288. The zero-order chi connectivity index (χ0) is 16.5. The largest absolute Gasteiger partial charge is 0.497 e. The Morgan fingerprint density at radius 1 is 1.38 bits per heavy atom. The first kappa shape index (κ1) is 20.2. The number of carbonyl (C=O) groups excluding carboxylic acids is 1.